The topological polar surface area (TPSA) is 78.3 Å². The van der Waals surface area contributed by atoms with E-state index in [2.05, 4.69) is 41.1 Å². The summed E-state index contributed by atoms with van der Waals surface area (Å²) in [5, 5.41) is 12.7. The molecule has 0 radical (unpaired) electrons. The van der Waals surface area contributed by atoms with Crippen molar-refractivity contribution in [1.29, 1.82) is 0 Å². The van der Waals surface area contributed by atoms with Gasteiger partial charge in [-0.2, -0.15) is 0 Å². The van der Waals surface area contributed by atoms with Crippen molar-refractivity contribution in [1.82, 2.24) is 20.1 Å². The van der Waals surface area contributed by atoms with Crippen molar-refractivity contribution in [2.24, 2.45) is 0 Å². The van der Waals surface area contributed by atoms with E-state index in [0.29, 0.717) is 30.2 Å². The van der Waals surface area contributed by atoms with Crippen LogP contribution in [0.15, 0.2) is 84.5 Å². The van der Waals surface area contributed by atoms with Crippen molar-refractivity contribution < 1.29 is 14.3 Å². The highest BCUT2D eigenvalue weighted by molar-refractivity contribution is 7.98. The Bertz CT molecular complexity index is 1400. The van der Waals surface area contributed by atoms with Gasteiger partial charge in [0.2, 0.25) is 6.79 Å². The maximum absolute atomic E-state index is 13.0. The molecule has 0 saturated carbocycles. The first-order valence-electron chi connectivity index (χ1n) is 11.6. The van der Waals surface area contributed by atoms with E-state index in [1.54, 1.807) is 11.8 Å². The summed E-state index contributed by atoms with van der Waals surface area (Å²) in [7, 11) is 0. The molecular formula is C28H26N4O3S. The lowest BCUT2D eigenvalue weighted by Crippen LogP contribution is -2.23. The molecule has 1 amide bonds. The number of hydrogen-bond acceptors (Lipinski definition) is 6. The highest BCUT2D eigenvalue weighted by atomic mass is 32.2. The number of thioether (sulfide) groups is 1. The first kappa shape index (κ1) is 23.7. The van der Waals surface area contributed by atoms with Gasteiger partial charge in [0, 0.05) is 30.0 Å². The molecular weight excluding hydrogens is 472 g/mol. The Labute approximate surface area is 214 Å². The number of nitrogens with zero attached hydrogens (tertiary/aromatic N) is 3. The third kappa shape index (κ3) is 5.13. The van der Waals surface area contributed by atoms with Crippen LogP contribution in [0.25, 0.3) is 11.4 Å². The van der Waals surface area contributed by atoms with Crippen molar-refractivity contribution in [3.63, 3.8) is 0 Å². The molecule has 0 saturated heterocycles. The summed E-state index contributed by atoms with van der Waals surface area (Å²) in [6.45, 7) is 7.16. The summed E-state index contributed by atoms with van der Waals surface area (Å²) < 4.78 is 12.8. The Morgan fingerprint density at radius 1 is 1.08 bits per heavy atom. The number of fused-ring (bicyclic) bond motifs is 1. The largest absolute Gasteiger partial charge is 0.454 e. The van der Waals surface area contributed by atoms with Crippen molar-refractivity contribution in [3.8, 4) is 22.9 Å². The third-order valence-electron chi connectivity index (χ3n) is 5.85. The molecule has 4 aromatic rings. The number of benzene rings is 3. The predicted octanol–water partition coefficient (Wildman–Crippen LogP) is 5.39. The van der Waals surface area contributed by atoms with Gasteiger partial charge in [-0.25, -0.2) is 0 Å². The van der Waals surface area contributed by atoms with Crippen LogP contribution in [0.1, 0.15) is 27.0 Å². The molecule has 182 valence electrons. The maximum atomic E-state index is 13.0. The quantitative estimate of drug-likeness (QED) is 0.246. The molecule has 0 unspecified atom stereocenters. The van der Waals surface area contributed by atoms with Crippen molar-refractivity contribution in [2.45, 2.75) is 30.9 Å². The minimum atomic E-state index is -0.128. The third-order valence-corrected chi connectivity index (χ3v) is 6.86. The van der Waals surface area contributed by atoms with Crippen molar-refractivity contribution in [3.05, 3.63) is 102 Å². The van der Waals surface area contributed by atoms with Crippen LogP contribution < -0.4 is 14.8 Å². The Morgan fingerprint density at radius 3 is 2.72 bits per heavy atom. The molecule has 1 aromatic heterocycles. The number of hydrogen-bond donors (Lipinski definition) is 1. The van der Waals surface area contributed by atoms with Crippen LogP contribution in [-0.4, -0.2) is 27.5 Å². The molecule has 0 spiro atoms. The first-order chi connectivity index (χ1) is 17.6. The molecule has 1 N–H and O–H groups in total. The van der Waals surface area contributed by atoms with Gasteiger partial charge in [-0.1, -0.05) is 71.9 Å². The molecule has 8 heteroatoms. The van der Waals surface area contributed by atoms with E-state index < -0.39 is 0 Å². The minimum Gasteiger partial charge on any atom is -0.454 e. The van der Waals surface area contributed by atoms with Crippen LogP contribution in [-0.2, 0) is 18.8 Å². The summed E-state index contributed by atoms with van der Waals surface area (Å²) in [5.74, 6) is 2.68. The number of amides is 1. The number of carbonyl (C=O) groups excluding carboxylic acids is 1. The zero-order valence-corrected chi connectivity index (χ0v) is 20.8. The van der Waals surface area contributed by atoms with E-state index >= 15 is 0 Å². The van der Waals surface area contributed by atoms with Crippen molar-refractivity contribution >= 4 is 17.7 Å². The lowest BCUT2D eigenvalue weighted by molar-refractivity contribution is 0.0950. The standard InChI is InChI=1S/C28H26N4O3S/c1-3-14-32-26(21-11-8-19(2)9-12-21)30-31-28(32)36-17-22-6-4-5-7-23(22)27(33)29-16-20-10-13-24-25(15-20)35-18-34-24/h3-13,15H,1,14,16-18H2,2H3,(H,29,33). The van der Waals surface area contributed by atoms with Crippen LogP contribution in [0.3, 0.4) is 0 Å². The van der Waals surface area contributed by atoms with E-state index in [4.69, 9.17) is 9.47 Å². The summed E-state index contributed by atoms with van der Waals surface area (Å²) >= 11 is 1.55. The average Bonchev–Trinajstić information content (AvgIpc) is 3.53. The molecule has 0 atom stereocenters. The van der Waals surface area contributed by atoms with Crippen LogP contribution in [0.2, 0.25) is 0 Å². The minimum absolute atomic E-state index is 0.128. The van der Waals surface area contributed by atoms with E-state index in [-0.39, 0.29) is 12.7 Å². The number of ether oxygens (including phenoxy) is 2. The van der Waals surface area contributed by atoms with Gasteiger partial charge in [0.1, 0.15) is 0 Å². The number of allylic oxidation sites excluding steroid dienone is 1. The fraction of sp³-hybridized carbons (Fsp3) is 0.179. The average molecular weight is 499 g/mol. The SMILES string of the molecule is C=CCn1c(SCc2ccccc2C(=O)NCc2ccc3c(c2)OCO3)nnc1-c1ccc(C)cc1. The summed E-state index contributed by atoms with van der Waals surface area (Å²) in [5.41, 5.74) is 4.71. The van der Waals surface area contributed by atoms with Crippen LogP contribution >= 0.6 is 11.8 Å². The smallest absolute Gasteiger partial charge is 0.251 e. The van der Waals surface area contributed by atoms with E-state index in [0.717, 1.165) is 33.4 Å². The van der Waals surface area contributed by atoms with E-state index in [9.17, 15) is 4.79 Å². The van der Waals surface area contributed by atoms with Gasteiger partial charge in [-0.3, -0.25) is 9.36 Å². The number of rotatable bonds is 9. The molecule has 1 aliphatic rings. The fourth-order valence-electron chi connectivity index (χ4n) is 3.94. The maximum Gasteiger partial charge on any atom is 0.251 e. The predicted molar refractivity (Wildman–Crippen MR) is 140 cm³/mol. The van der Waals surface area contributed by atoms with Crippen molar-refractivity contribution in [2.75, 3.05) is 6.79 Å². The molecule has 2 heterocycles. The normalized spacial score (nSPS) is 11.9. The Morgan fingerprint density at radius 2 is 1.89 bits per heavy atom. The number of aromatic nitrogens is 3. The molecule has 0 aliphatic carbocycles. The molecule has 0 bridgehead atoms. The van der Waals surface area contributed by atoms with Gasteiger partial charge in [-0.05, 0) is 36.2 Å². The molecule has 5 rings (SSSR count). The van der Waals surface area contributed by atoms with Crippen LogP contribution in [0.5, 0.6) is 11.5 Å². The molecule has 1 aliphatic heterocycles. The Kier molecular flexibility index (Phi) is 7.04. The van der Waals surface area contributed by atoms with E-state index in [1.807, 2.05) is 65.2 Å². The van der Waals surface area contributed by atoms with Gasteiger partial charge in [0.05, 0.1) is 0 Å². The molecule has 36 heavy (non-hydrogen) atoms. The zero-order valence-electron chi connectivity index (χ0n) is 19.9. The lowest BCUT2D eigenvalue weighted by Gasteiger charge is -2.11. The number of carbonyl (C=O) groups is 1. The highest BCUT2D eigenvalue weighted by Crippen LogP contribution is 2.32. The van der Waals surface area contributed by atoms with Crippen LogP contribution in [0.4, 0.5) is 0 Å². The number of nitrogens with one attached hydrogen (secondary N) is 1. The van der Waals surface area contributed by atoms with Gasteiger partial charge in [0.25, 0.3) is 5.91 Å². The van der Waals surface area contributed by atoms with Gasteiger partial charge in [0.15, 0.2) is 22.5 Å². The molecule has 3 aromatic carbocycles. The second kappa shape index (κ2) is 10.7. The second-order valence-corrected chi connectivity index (χ2v) is 9.33. The first-order valence-corrected chi connectivity index (χ1v) is 12.6. The Balaban J connectivity index is 1.29. The summed E-state index contributed by atoms with van der Waals surface area (Å²) in [4.78, 5) is 13.0. The summed E-state index contributed by atoms with van der Waals surface area (Å²) in [6.07, 6.45) is 1.84. The molecule has 7 nitrogen and oxygen atoms in total. The monoisotopic (exact) mass is 498 g/mol. The van der Waals surface area contributed by atoms with Gasteiger partial charge in [-0.15, -0.1) is 16.8 Å². The lowest BCUT2D eigenvalue weighted by atomic mass is 10.1. The summed E-state index contributed by atoms with van der Waals surface area (Å²) in [6, 6.07) is 21.5. The van der Waals surface area contributed by atoms with Gasteiger partial charge >= 0.3 is 0 Å². The molecule has 0 fully saturated rings. The van der Waals surface area contributed by atoms with Gasteiger partial charge < -0.3 is 14.8 Å². The second-order valence-electron chi connectivity index (χ2n) is 8.39. The fourth-order valence-corrected chi connectivity index (χ4v) is 4.90. The Hall–Kier alpha value is -4.04. The number of aryl methyl sites for hydroxylation is 1. The van der Waals surface area contributed by atoms with Crippen LogP contribution in [0, 0.1) is 6.92 Å². The highest BCUT2D eigenvalue weighted by Gasteiger charge is 2.17. The van der Waals surface area contributed by atoms with E-state index in [1.165, 1.54) is 5.56 Å². The zero-order chi connectivity index (χ0) is 24.9.